The zero-order valence-electron chi connectivity index (χ0n) is 10.6. The number of carbonyl (C=O) groups is 2. The molecule has 5 heteroatoms. The molecule has 1 atom stereocenters. The van der Waals surface area contributed by atoms with Crippen LogP contribution in [-0.2, 0) is 9.59 Å². The van der Waals surface area contributed by atoms with Crippen LogP contribution in [0.3, 0.4) is 0 Å². The Morgan fingerprint density at radius 1 is 1.41 bits per heavy atom. The second-order valence-electron chi connectivity index (χ2n) is 4.07. The molecule has 0 heterocycles. The van der Waals surface area contributed by atoms with Crippen LogP contribution in [-0.4, -0.2) is 47.1 Å². The second-order valence-corrected chi connectivity index (χ2v) is 4.07. The van der Waals surface area contributed by atoms with Crippen LogP contribution in [0.5, 0.6) is 0 Å². The summed E-state index contributed by atoms with van der Waals surface area (Å²) in [4.78, 5) is 24.1. The van der Waals surface area contributed by atoms with Crippen LogP contribution < -0.4 is 5.32 Å². The minimum atomic E-state index is -0.869. The number of nitrogens with zero attached hydrogens (tertiary/aromatic N) is 1. The van der Waals surface area contributed by atoms with E-state index in [9.17, 15) is 9.59 Å². The summed E-state index contributed by atoms with van der Waals surface area (Å²) in [5.41, 5.74) is 0. The molecular formula is C12H20N2O3. The van der Waals surface area contributed by atoms with Gasteiger partial charge in [-0.2, -0.15) is 0 Å². The molecule has 0 fully saturated rings. The van der Waals surface area contributed by atoms with Gasteiger partial charge in [-0.15, -0.1) is 6.42 Å². The van der Waals surface area contributed by atoms with Crippen molar-refractivity contribution in [3.8, 4) is 12.3 Å². The van der Waals surface area contributed by atoms with Gasteiger partial charge >= 0.3 is 5.97 Å². The summed E-state index contributed by atoms with van der Waals surface area (Å²) in [6.45, 7) is 6.12. The van der Waals surface area contributed by atoms with Crippen LogP contribution in [0, 0.1) is 12.3 Å². The summed E-state index contributed by atoms with van der Waals surface area (Å²) < 4.78 is 0. The highest BCUT2D eigenvalue weighted by Crippen LogP contribution is 2.06. The molecule has 1 unspecified atom stereocenters. The number of aliphatic carboxylic acids is 1. The van der Waals surface area contributed by atoms with Crippen molar-refractivity contribution in [2.75, 3.05) is 13.1 Å². The number of amides is 1. The van der Waals surface area contributed by atoms with Gasteiger partial charge in [0.1, 0.15) is 0 Å². The van der Waals surface area contributed by atoms with Crippen molar-refractivity contribution in [2.24, 2.45) is 0 Å². The lowest BCUT2D eigenvalue weighted by molar-refractivity contribution is -0.138. The van der Waals surface area contributed by atoms with Crippen molar-refractivity contribution in [3.05, 3.63) is 0 Å². The SMILES string of the molecule is C#CCNC(=O)C(C)N(CCC(=O)O)C(C)C. The number of carbonyl (C=O) groups excluding carboxylic acids is 1. The van der Waals surface area contributed by atoms with Crippen LogP contribution in [0.25, 0.3) is 0 Å². The minimum absolute atomic E-state index is 0.0188. The number of hydrogen-bond acceptors (Lipinski definition) is 3. The van der Waals surface area contributed by atoms with E-state index >= 15 is 0 Å². The Morgan fingerprint density at radius 3 is 2.41 bits per heavy atom. The first kappa shape index (κ1) is 15.5. The third kappa shape index (κ3) is 5.93. The molecule has 0 aliphatic rings. The number of nitrogens with one attached hydrogen (secondary N) is 1. The first-order valence-corrected chi connectivity index (χ1v) is 5.58. The Bertz CT molecular complexity index is 307. The van der Waals surface area contributed by atoms with Crippen molar-refractivity contribution in [1.82, 2.24) is 10.2 Å². The van der Waals surface area contributed by atoms with E-state index in [2.05, 4.69) is 11.2 Å². The molecule has 17 heavy (non-hydrogen) atoms. The number of rotatable bonds is 7. The van der Waals surface area contributed by atoms with E-state index in [-0.39, 0.29) is 31.0 Å². The zero-order chi connectivity index (χ0) is 13.4. The van der Waals surface area contributed by atoms with Crippen LogP contribution in [0.15, 0.2) is 0 Å². The topological polar surface area (TPSA) is 69.6 Å². The predicted molar refractivity (Wildman–Crippen MR) is 65.4 cm³/mol. The molecule has 0 spiro atoms. The summed E-state index contributed by atoms with van der Waals surface area (Å²) in [5.74, 6) is 1.28. The van der Waals surface area contributed by atoms with Crippen LogP contribution >= 0.6 is 0 Å². The third-order valence-electron chi connectivity index (χ3n) is 2.49. The molecule has 5 nitrogen and oxygen atoms in total. The van der Waals surface area contributed by atoms with Crippen molar-refractivity contribution < 1.29 is 14.7 Å². The van der Waals surface area contributed by atoms with Gasteiger partial charge < -0.3 is 10.4 Å². The maximum Gasteiger partial charge on any atom is 0.304 e. The number of terminal acetylenes is 1. The Morgan fingerprint density at radius 2 is 2.00 bits per heavy atom. The molecule has 0 aromatic carbocycles. The highest BCUT2D eigenvalue weighted by atomic mass is 16.4. The lowest BCUT2D eigenvalue weighted by Gasteiger charge is -2.31. The molecule has 0 aliphatic carbocycles. The molecule has 0 bridgehead atoms. The Labute approximate surface area is 102 Å². The fraction of sp³-hybridized carbons (Fsp3) is 0.667. The van der Waals surface area contributed by atoms with Gasteiger partial charge in [0.25, 0.3) is 0 Å². The summed E-state index contributed by atoms with van der Waals surface area (Å²) >= 11 is 0. The van der Waals surface area contributed by atoms with Gasteiger partial charge in [-0.1, -0.05) is 5.92 Å². The van der Waals surface area contributed by atoms with Gasteiger partial charge in [0.15, 0.2) is 0 Å². The normalized spacial score (nSPS) is 12.2. The first-order valence-electron chi connectivity index (χ1n) is 5.58. The van der Waals surface area contributed by atoms with Crippen LogP contribution in [0.1, 0.15) is 27.2 Å². The molecule has 2 N–H and O–H groups in total. The maximum atomic E-state index is 11.7. The van der Waals surface area contributed by atoms with Crippen molar-refractivity contribution >= 4 is 11.9 Å². The lowest BCUT2D eigenvalue weighted by Crippen LogP contribution is -2.48. The second kappa shape index (κ2) is 7.69. The van der Waals surface area contributed by atoms with E-state index < -0.39 is 5.97 Å². The molecule has 0 saturated heterocycles. The Kier molecular flexibility index (Phi) is 6.99. The highest BCUT2D eigenvalue weighted by Gasteiger charge is 2.23. The van der Waals surface area contributed by atoms with Gasteiger partial charge in [-0.05, 0) is 20.8 Å². The van der Waals surface area contributed by atoms with Crippen molar-refractivity contribution in [2.45, 2.75) is 39.3 Å². The van der Waals surface area contributed by atoms with E-state index in [1.165, 1.54) is 0 Å². The molecule has 0 aromatic heterocycles. The van der Waals surface area contributed by atoms with E-state index in [0.717, 1.165) is 0 Å². The van der Waals surface area contributed by atoms with E-state index in [0.29, 0.717) is 6.54 Å². The van der Waals surface area contributed by atoms with Gasteiger partial charge in [0, 0.05) is 12.6 Å². The standard InChI is InChI=1S/C12H20N2O3/c1-5-7-13-12(17)10(4)14(9(2)3)8-6-11(15)16/h1,9-10H,6-8H2,2-4H3,(H,13,17)(H,15,16). The molecule has 96 valence electrons. The van der Waals surface area contributed by atoms with Gasteiger partial charge in [-0.25, -0.2) is 0 Å². The Hall–Kier alpha value is -1.54. The number of carboxylic acids is 1. The Balaban J connectivity index is 4.43. The summed E-state index contributed by atoms with van der Waals surface area (Å²) in [5, 5.41) is 11.2. The highest BCUT2D eigenvalue weighted by molar-refractivity contribution is 5.81. The van der Waals surface area contributed by atoms with Gasteiger partial charge in [0.2, 0.25) is 5.91 Å². The van der Waals surface area contributed by atoms with E-state index in [1.54, 1.807) is 6.92 Å². The molecule has 0 aromatic rings. The summed E-state index contributed by atoms with van der Waals surface area (Å²) in [7, 11) is 0. The zero-order valence-corrected chi connectivity index (χ0v) is 10.6. The fourth-order valence-corrected chi connectivity index (χ4v) is 1.56. The van der Waals surface area contributed by atoms with Crippen LogP contribution in [0.2, 0.25) is 0 Å². The monoisotopic (exact) mass is 240 g/mol. The number of hydrogen-bond donors (Lipinski definition) is 2. The minimum Gasteiger partial charge on any atom is -0.481 e. The fourth-order valence-electron chi connectivity index (χ4n) is 1.56. The quantitative estimate of drug-likeness (QED) is 0.628. The molecule has 0 radical (unpaired) electrons. The molecule has 0 rings (SSSR count). The molecule has 0 saturated carbocycles. The van der Waals surface area contributed by atoms with Crippen molar-refractivity contribution in [3.63, 3.8) is 0 Å². The molecule has 1 amide bonds. The largest absolute Gasteiger partial charge is 0.481 e. The smallest absolute Gasteiger partial charge is 0.304 e. The van der Waals surface area contributed by atoms with Gasteiger partial charge in [-0.3, -0.25) is 14.5 Å². The first-order chi connectivity index (χ1) is 7.90. The molecule has 0 aliphatic heterocycles. The molecular weight excluding hydrogens is 220 g/mol. The lowest BCUT2D eigenvalue weighted by atomic mass is 10.2. The maximum absolute atomic E-state index is 11.7. The summed E-state index contributed by atoms with van der Waals surface area (Å²) in [6, 6.07) is -0.288. The van der Waals surface area contributed by atoms with E-state index in [4.69, 9.17) is 11.5 Å². The van der Waals surface area contributed by atoms with Gasteiger partial charge in [0.05, 0.1) is 19.0 Å². The summed E-state index contributed by atoms with van der Waals surface area (Å²) in [6.07, 6.45) is 5.07. The number of carboxylic acid groups (broad SMARTS) is 1. The van der Waals surface area contributed by atoms with Crippen LogP contribution in [0.4, 0.5) is 0 Å². The predicted octanol–water partition coefficient (Wildman–Crippen LogP) is 0.309. The third-order valence-corrected chi connectivity index (χ3v) is 2.49. The van der Waals surface area contributed by atoms with E-state index in [1.807, 2.05) is 18.7 Å². The van der Waals surface area contributed by atoms with Crippen molar-refractivity contribution in [1.29, 1.82) is 0 Å². The average Bonchev–Trinajstić information content (AvgIpc) is 2.24. The average molecular weight is 240 g/mol.